The Hall–Kier alpha value is -5.41. The van der Waals surface area contributed by atoms with Crippen LogP contribution in [-0.4, -0.2) is 70.7 Å². The van der Waals surface area contributed by atoms with Gasteiger partial charge in [0.1, 0.15) is 40.9 Å². The fraction of sp³-hybridized carbons (Fsp3) is 0.442. The van der Waals surface area contributed by atoms with Crippen LogP contribution in [0.3, 0.4) is 0 Å². The van der Waals surface area contributed by atoms with Gasteiger partial charge in [-0.05, 0) is 86.3 Å². The van der Waals surface area contributed by atoms with Crippen LogP contribution in [0.5, 0.6) is 0 Å². The van der Waals surface area contributed by atoms with Gasteiger partial charge in [0, 0.05) is 34.9 Å². The lowest BCUT2D eigenvalue weighted by molar-refractivity contribution is -0.143. The summed E-state index contributed by atoms with van der Waals surface area (Å²) in [6.07, 6.45) is -8.52. The van der Waals surface area contributed by atoms with Crippen molar-refractivity contribution in [3.05, 3.63) is 92.0 Å². The molecule has 0 saturated heterocycles. The van der Waals surface area contributed by atoms with E-state index in [9.17, 15) is 56.8 Å². The third kappa shape index (κ3) is 9.74. The minimum atomic E-state index is -5.23. The van der Waals surface area contributed by atoms with E-state index in [0.29, 0.717) is 34.6 Å². The molecule has 25 heteroatoms. The van der Waals surface area contributed by atoms with Crippen LogP contribution < -0.4 is 10.0 Å². The van der Waals surface area contributed by atoms with E-state index in [1.54, 1.807) is 0 Å². The number of carbonyl (C=O) groups is 1. The summed E-state index contributed by atoms with van der Waals surface area (Å²) in [4.78, 5) is 19.1. The number of nitrogens with one attached hydrogen (secondary N) is 2. The Morgan fingerprint density at radius 1 is 0.956 bits per heavy atom. The fourth-order valence-corrected chi connectivity index (χ4v) is 9.54. The van der Waals surface area contributed by atoms with Crippen LogP contribution in [0.4, 0.5) is 49.7 Å². The van der Waals surface area contributed by atoms with Crippen LogP contribution in [0, 0.1) is 29.4 Å². The number of nitrogens with zero attached hydrogens (tertiary/aromatic N) is 5. The molecule has 0 radical (unpaired) electrons. The summed E-state index contributed by atoms with van der Waals surface area (Å²) in [7, 11) is -8.09. The summed E-state index contributed by atoms with van der Waals surface area (Å²) in [5.74, 6) is -5.54. The molecule has 3 heterocycles. The number of hydrogen-bond acceptors (Lipinski definition) is 8. The van der Waals surface area contributed by atoms with E-state index in [1.807, 2.05) is 0 Å². The molecular formula is C43H40ClF10N7O5S2. The maximum absolute atomic E-state index is 15.8. The molecule has 0 saturated carbocycles. The molecule has 2 aromatic carbocycles. The molecule has 0 spiro atoms. The zero-order valence-corrected chi connectivity index (χ0v) is 39.0. The Balaban J connectivity index is 1.53. The number of sulfonamides is 1. The van der Waals surface area contributed by atoms with Gasteiger partial charge in [-0.25, -0.2) is 30.6 Å². The van der Waals surface area contributed by atoms with Crippen molar-refractivity contribution in [2.24, 2.45) is 5.92 Å². The first-order chi connectivity index (χ1) is 31.2. The SMILES string of the molecule is C[C@@H]1c2c(C(F)(F)F)nn(CC(=O)N[C@@H](Cc3cc(F)cc(F)c3)c3nc(C#CC(C)(C)S(C)(=O)=O)c4c(c3-c3ccc(Cl)c5c(NS(C)(=O)=O)nn(CC(F)(F)F)c35)CCC4)c2C(F)(F)[C@@H]1C. The molecule has 366 valence electrons. The first-order valence-corrected chi connectivity index (χ1v) is 24.7. The van der Waals surface area contributed by atoms with E-state index in [1.165, 1.54) is 26.0 Å². The normalized spacial score (nSPS) is 17.7. The largest absolute Gasteiger partial charge is 0.435 e. The van der Waals surface area contributed by atoms with Crippen LogP contribution in [0.25, 0.3) is 22.0 Å². The number of sulfone groups is 1. The lowest BCUT2D eigenvalue weighted by Crippen LogP contribution is -2.35. The van der Waals surface area contributed by atoms with E-state index in [2.05, 4.69) is 32.1 Å². The van der Waals surface area contributed by atoms with Crippen molar-refractivity contribution in [1.82, 2.24) is 29.9 Å². The van der Waals surface area contributed by atoms with Gasteiger partial charge in [-0.1, -0.05) is 37.4 Å². The van der Waals surface area contributed by atoms with Gasteiger partial charge in [-0.3, -0.25) is 18.9 Å². The molecule has 0 bridgehead atoms. The molecule has 2 aliphatic rings. The predicted molar refractivity (Wildman–Crippen MR) is 230 cm³/mol. The third-order valence-electron chi connectivity index (χ3n) is 12.1. The van der Waals surface area contributed by atoms with Crippen molar-refractivity contribution in [1.29, 1.82) is 0 Å². The maximum atomic E-state index is 15.8. The molecule has 0 fully saturated rings. The molecule has 12 nitrogen and oxygen atoms in total. The molecule has 1 amide bonds. The van der Waals surface area contributed by atoms with E-state index < -0.39 is 126 Å². The van der Waals surface area contributed by atoms with Crippen LogP contribution >= 0.6 is 11.6 Å². The Labute approximate surface area is 387 Å². The number of anilines is 1. The minimum absolute atomic E-state index is 0.0444. The highest BCUT2D eigenvalue weighted by Crippen LogP contribution is 2.55. The van der Waals surface area contributed by atoms with E-state index >= 15 is 8.78 Å². The molecule has 3 atom stereocenters. The Morgan fingerprint density at radius 3 is 2.18 bits per heavy atom. The summed E-state index contributed by atoms with van der Waals surface area (Å²) in [5.41, 5.74) is -4.09. The van der Waals surface area contributed by atoms with Crippen LogP contribution in [0.15, 0.2) is 30.3 Å². The third-order valence-corrected chi connectivity index (χ3v) is 14.9. The summed E-state index contributed by atoms with van der Waals surface area (Å²) in [6, 6.07) is 3.04. The first kappa shape index (κ1) is 50.5. The second-order valence-electron chi connectivity index (χ2n) is 17.4. The number of carbonyl (C=O) groups excluding carboxylic acids is 1. The fourth-order valence-electron chi connectivity index (χ4n) is 8.57. The molecule has 68 heavy (non-hydrogen) atoms. The zero-order chi connectivity index (χ0) is 50.4. The maximum Gasteiger partial charge on any atom is 0.435 e. The van der Waals surface area contributed by atoms with E-state index in [4.69, 9.17) is 16.6 Å². The summed E-state index contributed by atoms with van der Waals surface area (Å²) in [5, 5.41) is 9.30. The number of pyridine rings is 1. The molecule has 0 aliphatic heterocycles. The number of aromatic nitrogens is 5. The standard InChI is InChI=1S/C43H40ClF10N7O5S2/c1-20-21(2)42(50,51)38-32(20)37(43(52,53)54)57-60(38)18-31(62)55-30(16-22-14-23(45)17-24(46)15-22)35-33(26-9-7-8-25(26)29(56-35)12-13-40(3,4)67(5,63)64)27-10-11-28(44)34-36(27)61(19-41(47,48)49)58-39(34)59-68(6,65)66/h10-11,14-15,17,20-21,30H,7-9,16,18-19H2,1-6H3,(H,55,62)(H,58,59)/t20-,21+,30-/m0/s1. The van der Waals surface area contributed by atoms with Crippen LogP contribution in [-0.2, 0) is 69.1 Å². The number of halogens is 11. The quantitative estimate of drug-likeness (QED) is 0.0982. The second kappa shape index (κ2) is 17.2. The zero-order valence-electron chi connectivity index (χ0n) is 36.6. The summed E-state index contributed by atoms with van der Waals surface area (Å²) < 4.78 is 199. The Morgan fingerprint density at radius 2 is 1.59 bits per heavy atom. The number of benzene rings is 2. The minimum Gasteiger partial charge on any atom is -0.346 e. The lowest BCUT2D eigenvalue weighted by Gasteiger charge is -2.26. The second-order valence-corrected chi connectivity index (χ2v) is 22.2. The Kier molecular flexibility index (Phi) is 12.8. The molecule has 2 N–H and O–H groups in total. The van der Waals surface area contributed by atoms with Crippen LogP contribution in [0.2, 0.25) is 5.02 Å². The van der Waals surface area contributed by atoms with Gasteiger partial charge in [0.25, 0.3) is 5.92 Å². The highest BCUT2D eigenvalue weighted by molar-refractivity contribution is 7.92. The van der Waals surface area contributed by atoms with Gasteiger partial charge < -0.3 is 5.32 Å². The van der Waals surface area contributed by atoms with Crippen molar-refractivity contribution in [2.75, 3.05) is 17.2 Å². The average Bonchev–Trinajstić information content (AvgIpc) is 3.94. The van der Waals surface area contributed by atoms with Crippen molar-refractivity contribution < 1.29 is 65.5 Å². The highest BCUT2D eigenvalue weighted by Gasteiger charge is 2.57. The number of hydrogen-bond donors (Lipinski definition) is 2. The smallest absolute Gasteiger partial charge is 0.346 e. The van der Waals surface area contributed by atoms with Gasteiger partial charge in [-0.15, -0.1) is 0 Å². The van der Waals surface area contributed by atoms with Gasteiger partial charge in [0.15, 0.2) is 21.3 Å². The number of fused-ring (bicyclic) bond motifs is 3. The van der Waals surface area contributed by atoms with Gasteiger partial charge in [0.2, 0.25) is 15.9 Å². The molecular weight excluding hydrogens is 984 g/mol. The molecule has 3 aromatic heterocycles. The summed E-state index contributed by atoms with van der Waals surface area (Å²) in [6.45, 7) is 1.73. The summed E-state index contributed by atoms with van der Waals surface area (Å²) >= 11 is 6.58. The topological polar surface area (TPSA) is 158 Å². The van der Waals surface area contributed by atoms with Gasteiger partial charge >= 0.3 is 12.4 Å². The number of amides is 1. The molecule has 5 aromatic rings. The predicted octanol–water partition coefficient (Wildman–Crippen LogP) is 8.79. The van der Waals surface area contributed by atoms with Crippen molar-refractivity contribution in [3.8, 4) is 23.0 Å². The van der Waals surface area contributed by atoms with Crippen molar-refractivity contribution in [2.45, 2.75) is 101 Å². The monoisotopic (exact) mass is 1020 g/mol. The van der Waals surface area contributed by atoms with Gasteiger partial charge in [-0.2, -0.15) is 45.3 Å². The first-order valence-electron chi connectivity index (χ1n) is 20.5. The van der Waals surface area contributed by atoms with E-state index in [0.717, 1.165) is 32.2 Å². The van der Waals surface area contributed by atoms with Gasteiger partial charge in [0.05, 0.1) is 33.9 Å². The average molecular weight is 1020 g/mol. The number of rotatable bonds is 11. The van der Waals surface area contributed by atoms with E-state index in [-0.39, 0.29) is 56.0 Å². The number of alkyl halides is 8. The molecule has 2 aliphatic carbocycles. The molecule has 7 rings (SSSR count). The van der Waals surface area contributed by atoms with Crippen molar-refractivity contribution in [3.63, 3.8) is 0 Å². The molecule has 0 unspecified atom stereocenters. The Bertz CT molecular complexity index is 3170. The van der Waals surface area contributed by atoms with Crippen molar-refractivity contribution >= 4 is 54.1 Å². The van der Waals surface area contributed by atoms with Crippen LogP contribution in [0.1, 0.15) is 91.1 Å². The lowest BCUT2D eigenvalue weighted by atomic mass is 9.88. The highest BCUT2D eigenvalue weighted by atomic mass is 35.5.